The van der Waals surface area contributed by atoms with Gasteiger partial charge in [0.15, 0.2) is 0 Å². The lowest BCUT2D eigenvalue weighted by Gasteiger charge is -2.02. The SMILES string of the molecule is CNc1cc(OC)nc(N)n1. The van der Waals surface area contributed by atoms with Crippen molar-refractivity contribution in [1.82, 2.24) is 9.97 Å². The predicted molar refractivity (Wildman–Crippen MR) is 42.5 cm³/mol. The zero-order valence-corrected chi connectivity index (χ0v) is 6.46. The first kappa shape index (κ1) is 7.59. The molecule has 0 aromatic carbocycles. The number of nitrogen functional groups attached to an aromatic ring is 1. The van der Waals surface area contributed by atoms with Crippen molar-refractivity contribution in [2.75, 3.05) is 25.2 Å². The minimum absolute atomic E-state index is 0.203. The molecule has 0 atom stereocenters. The first-order chi connectivity index (χ1) is 5.26. The molecule has 0 saturated heterocycles. The maximum atomic E-state index is 5.37. The Morgan fingerprint density at radius 1 is 1.55 bits per heavy atom. The molecule has 5 heteroatoms. The molecule has 1 aromatic rings. The van der Waals surface area contributed by atoms with Crippen LogP contribution in [0.3, 0.4) is 0 Å². The first-order valence-corrected chi connectivity index (χ1v) is 3.12. The van der Waals surface area contributed by atoms with E-state index >= 15 is 0 Å². The van der Waals surface area contributed by atoms with Gasteiger partial charge in [0.2, 0.25) is 11.8 Å². The van der Waals surface area contributed by atoms with Crippen LogP contribution in [-0.2, 0) is 0 Å². The number of hydrogen-bond acceptors (Lipinski definition) is 5. The van der Waals surface area contributed by atoms with Crippen LogP contribution in [0.4, 0.5) is 11.8 Å². The highest BCUT2D eigenvalue weighted by molar-refractivity contribution is 5.41. The van der Waals surface area contributed by atoms with Crippen molar-refractivity contribution in [3.05, 3.63) is 6.07 Å². The Hall–Kier alpha value is -1.52. The van der Waals surface area contributed by atoms with Crippen LogP contribution in [0.25, 0.3) is 0 Å². The van der Waals surface area contributed by atoms with Crippen molar-refractivity contribution in [3.8, 4) is 5.88 Å². The molecule has 1 aromatic heterocycles. The maximum Gasteiger partial charge on any atom is 0.225 e. The van der Waals surface area contributed by atoms with E-state index in [0.717, 1.165) is 0 Å². The average Bonchev–Trinajstić information content (AvgIpc) is 2.03. The highest BCUT2D eigenvalue weighted by Gasteiger charge is 1.98. The minimum Gasteiger partial charge on any atom is -0.481 e. The molecular weight excluding hydrogens is 144 g/mol. The molecule has 0 saturated carbocycles. The van der Waals surface area contributed by atoms with Crippen molar-refractivity contribution >= 4 is 11.8 Å². The molecule has 0 aliphatic heterocycles. The largest absolute Gasteiger partial charge is 0.481 e. The molecule has 0 aliphatic rings. The third kappa shape index (κ3) is 1.70. The number of rotatable bonds is 2. The normalized spacial score (nSPS) is 9.27. The van der Waals surface area contributed by atoms with Gasteiger partial charge in [-0.1, -0.05) is 0 Å². The molecule has 5 nitrogen and oxygen atoms in total. The van der Waals surface area contributed by atoms with Crippen LogP contribution in [0.1, 0.15) is 0 Å². The second-order valence-corrected chi connectivity index (χ2v) is 1.90. The van der Waals surface area contributed by atoms with E-state index in [-0.39, 0.29) is 5.95 Å². The number of aromatic nitrogens is 2. The Kier molecular flexibility index (Phi) is 2.10. The number of ether oxygens (including phenoxy) is 1. The smallest absolute Gasteiger partial charge is 0.225 e. The summed E-state index contributed by atoms with van der Waals surface area (Å²) in [7, 11) is 3.28. The van der Waals surface area contributed by atoms with Crippen molar-refractivity contribution < 1.29 is 4.74 Å². The standard InChI is InChI=1S/C6H10N4O/c1-8-4-3-5(11-2)10-6(7)9-4/h3H,1-2H3,(H3,7,8,9,10). The zero-order chi connectivity index (χ0) is 8.27. The number of methoxy groups -OCH3 is 1. The number of hydrogen-bond donors (Lipinski definition) is 2. The van der Waals surface area contributed by atoms with E-state index < -0.39 is 0 Å². The zero-order valence-electron chi connectivity index (χ0n) is 6.46. The molecule has 0 bridgehead atoms. The van der Waals surface area contributed by atoms with Crippen LogP contribution < -0.4 is 15.8 Å². The van der Waals surface area contributed by atoms with Crippen LogP contribution in [-0.4, -0.2) is 24.1 Å². The third-order valence-corrected chi connectivity index (χ3v) is 1.19. The van der Waals surface area contributed by atoms with Gasteiger partial charge in [-0.15, -0.1) is 0 Å². The van der Waals surface area contributed by atoms with Gasteiger partial charge in [0.1, 0.15) is 5.82 Å². The molecule has 0 aliphatic carbocycles. The van der Waals surface area contributed by atoms with Gasteiger partial charge in [-0.25, -0.2) is 0 Å². The number of nitrogens with zero attached hydrogens (tertiary/aromatic N) is 2. The molecule has 60 valence electrons. The number of nitrogens with two attached hydrogens (primary N) is 1. The van der Waals surface area contributed by atoms with Gasteiger partial charge < -0.3 is 15.8 Å². The summed E-state index contributed by atoms with van der Waals surface area (Å²) in [5.74, 6) is 1.31. The highest BCUT2D eigenvalue weighted by Crippen LogP contribution is 2.12. The Bertz CT molecular complexity index is 228. The lowest BCUT2D eigenvalue weighted by molar-refractivity contribution is 0.398. The fourth-order valence-electron chi connectivity index (χ4n) is 0.675. The first-order valence-electron chi connectivity index (χ1n) is 3.12. The van der Waals surface area contributed by atoms with E-state index in [1.54, 1.807) is 13.1 Å². The van der Waals surface area contributed by atoms with Crippen LogP contribution >= 0.6 is 0 Å². The molecular formula is C6H10N4O. The fourth-order valence-corrected chi connectivity index (χ4v) is 0.675. The van der Waals surface area contributed by atoms with Gasteiger partial charge in [-0.05, 0) is 0 Å². The van der Waals surface area contributed by atoms with Gasteiger partial charge in [0.05, 0.1) is 7.11 Å². The van der Waals surface area contributed by atoms with Crippen LogP contribution in [0.2, 0.25) is 0 Å². The third-order valence-electron chi connectivity index (χ3n) is 1.19. The van der Waals surface area contributed by atoms with E-state index in [9.17, 15) is 0 Å². The Labute approximate surface area is 64.6 Å². The predicted octanol–water partition coefficient (Wildman–Crippen LogP) is 0.109. The molecule has 0 spiro atoms. The van der Waals surface area contributed by atoms with Crippen LogP contribution in [0.15, 0.2) is 6.07 Å². The van der Waals surface area contributed by atoms with Gasteiger partial charge in [0.25, 0.3) is 0 Å². The summed E-state index contributed by atoms with van der Waals surface area (Å²) >= 11 is 0. The summed E-state index contributed by atoms with van der Waals surface area (Å²) in [5.41, 5.74) is 5.37. The van der Waals surface area contributed by atoms with E-state index in [2.05, 4.69) is 15.3 Å². The molecule has 1 heterocycles. The van der Waals surface area contributed by atoms with Crippen molar-refractivity contribution in [2.24, 2.45) is 0 Å². The molecule has 0 fully saturated rings. The van der Waals surface area contributed by atoms with Crippen LogP contribution in [0.5, 0.6) is 5.88 Å². The summed E-state index contributed by atoms with van der Waals surface area (Å²) in [4.78, 5) is 7.68. The van der Waals surface area contributed by atoms with E-state index in [1.165, 1.54) is 7.11 Å². The van der Waals surface area contributed by atoms with Crippen molar-refractivity contribution in [2.45, 2.75) is 0 Å². The molecule has 1 rings (SSSR count). The van der Waals surface area contributed by atoms with E-state index in [1.807, 2.05) is 0 Å². The Balaban J connectivity index is 3.02. The topological polar surface area (TPSA) is 73.1 Å². The Morgan fingerprint density at radius 3 is 2.82 bits per heavy atom. The second kappa shape index (κ2) is 3.05. The number of anilines is 2. The molecule has 3 N–H and O–H groups in total. The monoisotopic (exact) mass is 154 g/mol. The van der Waals surface area contributed by atoms with Crippen molar-refractivity contribution in [1.29, 1.82) is 0 Å². The maximum absolute atomic E-state index is 5.37. The summed E-state index contributed by atoms with van der Waals surface area (Å²) < 4.78 is 4.87. The van der Waals surface area contributed by atoms with E-state index in [0.29, 0.717) is 11.7 Å². The summed E-state index contributed by atoms with van der Waals surface area (Å²) in [6.07, 6.45) is 0. The molecule has 0 radical (unpaired) electrons. The van der Waals surface area contributed by atoms with E-state index in [4.69, 9.17) is 10.5 Å². The van der Waals surface area contributed by atoms with Crippen LogP contribution in [0, 0.1) is 0 Å². The van der Waals surface area contributed by atoms with Gasteiger partial charge in [-0.3, -0.25) is 0 Å². The average molecular weight is 154 g/mol. The summed E-state index contributed by atoms with van der Waals surface area (Å²) in [6, 6.07) is 1.66. The quantitative estimate of drug-likeness (QED) is 0.632. The molecule has 11 heavy (non-hydrogen) atoms. The second-order valence-electron chi connectivity index (χ2n) is 1.90. The lowest BCUT2D eigenvalue weighted by Crippen LogP contribution is -2.01. The minimum atomic E-state index is 0.203. The van der Waals surface area contributed by atoms with Crippen molar-refractivity contribution in [3.63, 3.8) is 0 Å². The summed E-state index contributed by atoms with van der Waals surface area (Å²) in [5, 5.41) is 2.83. The van der Waals surface area contributed by atoms with Gasteiger partial charge in [0, 0.05) is 13.1 Å². The van der Waals surface area contributed by atoms with Gasteiger partial charge >= 0.3 is 0 Å². The molecule has 0 amide bonds. The highest BCUT2D eigenvalue weighted by atomic mass is 16.5. The fraction of sp³-hybridized carbons (Fsp3) is 0.333. The summed E-state index contributed by atoms with van der Waals surface area (Å²) in [6.45, 7) is 0. The van der Waals surface area contributed by atoms with Gasteiger partial charge in [-0.2, -0.15) is 9.97 Å². The number of nitrogens with one attached hydrogen (secondary N) is 1. The molecule has 0 unspecified atom stereocenters. The lowest BCUT2D eigenvalue weighted by atomic mass is 10.5. The Morgan fingerprint density at radius 2 is 2.27 bits per heavy atom.